The van der Waals surface area contributed by atoms with Crippen LogP contribution in [0, 0.1) is 0 Å². The lowest BCUT2D eigenvalue weighted by Crippen LogP contribution is -2.26. The Morgan fingerprint density at radius 3 is 2.50 bits per heavy atom. The van der Waals surface area contributed by atoms with Gasteiger partial charge in [0.1, 0.15) is 0 Å². The average Bonchev–Trinajstić information content (AvgIpc) is 3.04. The highest BCUT2D eigenvalue weighted by Crippen LogP contribution is 2.38. The Kier molecular flexibility index (Phi) is 5.95. The largest absolute Gasteiger partial charge is 0.317 e. The highest BCUT2D eigenvalue weighted by molar-refractivity contribution is 6.33. The van der Waals surface area contributed by atoms with E-state index < -0.39 is 0 Å². The molecule has 4 rings (SSSR count). The van der Waals surface area contributed by atoms with Crippen LogP contribution >= 0.6 is 23.2 Å². The molecule has 30 heavy (non-hydrogen) atoms. The highest BCUT2D eigenvalue weighted by atomic mass is 35.5. The molecule has 2 aromatic carbocycles. The molecule has 0 saturated carbocycles. The third-order valence-electron chi connectivity index (χ3n) is 5.18. The molecule has 0 atom stereocenters. The Morgan fingerprint density at radius 1 is 1.07 bits per heavy atom. The van der Waals surface area contributed by atoms with E-state index in [-0.39, 0.29) is 5.56 Å². The summed E-state index contributed by atoms with van der Waals surface area (Å²) >= 11 is 12.7. The molecular weight excluding hydrogens is 419 g/mol. The molecule has 2 heterocycles. The number of rotatable bonds is 6. The molecule has 0 aliphatic carbocycles. The van der Waals surface area contributed by atoms with Crippen LogP contribution in [0.5, 0.6) is 0 Å². The minimum atomic E-state index is -0.0751. The van der Waals surface area contributed by atoms with E-state index in [9.17, 15) is 4.79 Å². The van der Waals surface area contributed by atoms with E-state index in [1.807, 2.05) is 67.2 Å². The summed E-state index contributed by atoms with van der Waals surface area (Å²) in [4.78, 5) is 18.0. The maximum Gasteiger partial charge on any atom is 0.276 e. The van der Waals surface area contributed by atoms with Gasteiger partial charge in [-0.3, -0.25) is 9.48 Å². The molecule has 1 N–H and O–H groups in total. The summed E-state index contributed by atoms with van der Waals surface area (Å²) in [6.45, 7) is 3.63. The van der Waals surface area contributed by atoms with Crippen molar-refractivity contribution >= 4 is 28.8 Å². The number of benzene rings is 2. The zero-order valence-corrected chi connectivity index (χ0v) is 18.3. The molecule has 154 valence electrons. The van der Waals surface area contributed by atoms with Crippen LogP contribution in [0.4, 0.5) is 0 Å². The predicted octanol–water partition coefficient (Wildman–Crippen LogP) is 4.83. The Labute approximate surface area is 184 Å². The minimum Gasteiger partial charge on any atom is -0.317 e. The quantitative estimate of drug-likeness (QED) is 0.437. The van der Waals surface area contributed by atoms with Gasteiger partial charge in [-0.15, -0.1) is 0 Å². The van der Waals surface area contributed by atoms with E-state index in [1.54, 1.807) is 10.7 Å². The van der Waals surface area contributed by atoms with Crippen molar-refractivity contribution in [2.24, 2.45) is 7.05 Å². The van der Waals surface area contributed by atoms with Crippen LogP contribution < -0.4 is 10.9 Å². The number of likely N-dealkylation sites (N-methyl/N-ethyl adjacent to an activating group) is 1. The van der Waals surface area contributed by atoms with E-state index >= 15 is 0 Å². The number of halogens is 2. The SMILES string of the molecule is CCNCCc1cnc2c(-c3ccc(Cl)cc3)c(-c3ccccc3Cl)n(C)n2c1=O. The minimum absolute atomic E-state index is 0.0751. The molecule has 0 bridgehead atoms. The Hall–Kier alpha value is -2.60. The van der Waals surface area contributed by atoms with Crippen molar-refractivity contribution in [3.05, 3.63) is 80.7 Å². The summed E-state index contributed by atoms with van der Waals surface area (Å²) in [5.41, 5.74) is 4.61. The fourth-order valence-electron chi connectivity index (χ4n) is 3.71. The van der Waals surface area contributed by atoms with Crippen molar-refractivity contribution in [1.82, 2.24) is 19.5 Å². The number of nitrogens with zero attached hydrogens (tertiary/aromatic N) is 3. The lowest BCUT2D eigenvalue weighted by molar-refractivity contribution is 0.665. The van der Waals surface area contributed by atoms with Crippen LogP contribution in [-0.4, -0.2) is 27.3 Å². The van der Waals surface area contributed by atoms with E-state index in [4.69, 9.17) is 28.2 Å². The first kappa shape index (κ1) is 20.7. The Bertz CT molecular complexity index is 1260. The molecule has 0 aliphatic rings. The Balaban J connectivity index is 2.03. The van der Waals surface area contributed by atoms with Gasteiger partial charge >= 0.3 is 0 Å². The molecule has 7 heteroatoms. The molecule has 0 fully saturated rings. The molecule has 0 saturated heterocycles. The summed E-state index contributed by atoms with van der Waals surface area (Å²) in [7, 11) is 1.86. The molecule has 0 radical (unpaired) electrons. The highest BCUT2D eigenvalue weighted by Gasteiger charge is 2.23. The van der Waals surface area contributed by atoms with Crippen molar-refractivity contribution < 1.29 is 0 Å². The molecule has 4 aromatic rings. The topological polar surface area (TPSA) is 51.3 Å². The van der Waals surface area contributed by atoms with Crippen molar-refractivity contribution in [1.29, 1.82) is 0 Å². The van der Waals surface area contributed by atoms with Crippen molar-refractivity contribution in [3.63, 3.8) is 0 Å². The average molecular weight is 441 g/mol. The van der Waals surface area contributed by atoms with Crippen molar-refractivity contribution in [3.8, 4) is 22.4 Å². The lowest BCUT2D eigenvalue weighted by Gasteiger charge is -2.09. The lowest BCUT2D eigenvalue weighted by atomic mass is 10.0. The third-order valence-corrected chi connectivity index (χ3v) is 5.76. The van der Waals surface area contributed by atoms with Gasteiger partial charge in [0.15, 0.2) is 5.65 Å². The molecular formula is C23H22Cl2N4O. The van der Waals surface area contributed by atoms with Crippen LogP contribution in [0.15, 0.2) is 59.5 Å². The molecule has 5 nitrogen and oxygen atoms in total. The third kappa shape index (κ3) is 3.65. The van der Waals surface area contributed by atoms with E-state index in [0.717, 1.165) is 35.5 Å². The number of hydrogen-bond donors (Lipinski definition) is 1. The summed E-state index contributed by atoms with van der Waals surface area (Å²) in [5.74, 6) is 0. The second kappa shape index (κ2) is 8.64. The molecule has 0 aliphatic heterocycles. The normalized spacial score (nSPS) is 11.3. The van der Waals surface area contributed by atoms with Gasteiger partial charge in [-0.1, -0.05) is 60.5 Å². The first-order valence-electron chi connectivity index (χ1n) is 9.84. The van der Waals surface area contributed by atoms with Gasteiger partial charge in [0.25, 0.3) is 5.56 Å². The molecule has 2 aromatic heterocycles. The van der Waals surface area contributed by atoms with Crippen molar-refractivity contribution in [2.75, 3.05) is 13.1 Å². The van der Waals surface area contributed by atoms with Crippen LogP contribution in [0.25, 0.3) is 28.0 Å². The number of aryl methyl sites for hydroxylation is 1. The van der Waals surface area contributed by atoms with E-state index in [2.05, 4.69) is 5.32 Å². The zero-order chi connectivity index (χ0) is 21.3. The first-order valence-corrected chi connectivity index (χ1v) is 10.6. The summed E-state index contributed by atoms with van der Waals surface area (Å²) in [5, 5.41) is 4.51. The second-order valence-corrected chi connectivity index (χ2v) is 7.91. The zero-order valence-electron chi connectivity index (χ0n) is 16.8. The maximum absolute atomic E-state index is 13.3. The van der Waals surface area contributed by atoms with Gasteiger partial charge in [0, 0.05) is 34.4 Å². The van der Waals surface area contributed by atoms with E-state index in [1.165, 1.54) is 0 Å². The van der Waals surface area contributed by atoms with Gasteiger partial charge in [-0.05, 0) is 43.3 Å². The smallest absolute Gasteiger partial charge is 0.276 e. The summed E-state index contributed by atoms with van der Waals surface area (Å²) in [6, 6.07) is 15.2. The van der Waals surface area contributed by atoms with Crippen LogP contribution in [0.1, 0.15) is 12.5 Å². The second-order valence-electron chi connectivity index (χ2n) is 7.06. The standard InChI is InChI=1S/C23H22Cl2N4O/c1-3-26-13-12-16-14-27-22-20(15-8-10-17(24)11-9-15)21(28(2)29(22)23(16)30)18-6-4-5-7-19(18)25/h4-11,14,26H,3,12-13H2,1-2H3. The molecule has 0 unspecified atom stereocenters. The van der Waals surface area contributed by atoms with Gasteiger partial charge < -0.3 is 5.32 Å². The number of nitrogens with one attached hydrogen (secondary N) is 1. The molecule has 0 amide bonds. The van der Waals surface area contributed by atoms with Gasteiger partial charge in [0.2, 0.25) is 0 Å². The fraction of sp³-hybridized carbons (Fsp3) is 0.217. The van der Waals surface area contributed by atoms with Crippen molar-refractivity contribution in [2.45, 2.75) is 13.3 Å². The van der Waals surface area contributed by atoms with Gasteiger partial charge in [-0.2, -0.15) is 4.52 Å². The first-order chi connectivity index (χ1) is 14.5. The summed E-state index contributed by atoms with van der Waals surface area (Å²) in [6.07, 6.45) is 2.30. The monoisotopic (exact) mass is 440 g/mol. The summed E-state index contributed by atoms with van der Waals surface area (Å²) < 4.78 is 3.47. The van der Waals surface area contributed by atoms with Gasteiger partial charge in [0.05, 0.1) is 11.3 Å². The fourth-order valence-corrected chi connectivity index (χ4v) is 4.06. The maximum atomic E-state index is 13.3. The van der Waals surface area contributed by atoms with Crippen LogP contribution in [0.2, 0.25) is 10.0 Å². The van der Waals surface area contributed by atoms with Crippen LogP contribution in [-0.2, 0) is 13.5 Å². The van der Waals surface area contributed by atoms with Crippen LogP contribution in [0.3, 0.4) is 0 Å². The number of aromatic nitrogens is 3. The Morgan fingerprint density at radius 2 is 1.80 bits per heavy atom. The number of fused-ring (bicyclic) bond motifs is 1. The molecule has 0 spiro atoms. The predicted molar refractivity (Wildman–Crippen MR) is 124 cm³/mol. The van der Waals surface area contributed by atoms with E-state index in [0.29, 0.717) is 27.7 Å². The number of hydrogen-bond acceptors (Lipinski definition) is 3. The van der Waals surface area contributed by atoms with Gasteiger partial charge in [-0.25, -0.2) is 4.98 Å².